The molecule has 0 rings (SSSR count). The monoisotopic (exact) mass is 347 g/mol. The lowest BCUT2D eigenvalue weighted by molar-refractivity contribution is 0.226. The highest BCUT2D eigenvalue weighted by Gasteiger charge is 2.25. The summed E-state index contributed by atoms with van der Waals surface area (Å²) in [4.78, 5) is 26.7. The third kappa shape index (κ3) is 18.2. The summed E-state index contributed by atoms with van der Waals surface area (Å²) >= 11 is 0. The minimum Gasteiger partial charge on any atom is -0.390 e. The number of nitrogens with one attached hydrogen (secondary N) is 1. The van der Waals surface area contributed by atoms with Crippen molar-refractivity contribution in [1.82, 2.24) is 5.32 Å². The van der Waals surface area contributed by atoms with Crippen LogP contribution in [0, 0.1) is 0 Å². The van der Waals surface area contributed by atoms with Crippen LogP contribution in [0.2, 0.25) is 6.04 Å². The minimum absolute atomic E-state index is 0.192. The van der Waals surface area contributed by atoms with Gasteiger partial charge in [0.2, 0.25) is 0 Å². The molecule has 1 unspecified atom stereocenters. The molecule has 0 saturated carbocycles. The van der Waals surface area contributed by atoms with Crippen molar-refractivity contribution in [3.05, 3.63) is 0 Å². The topological polar surface area (TPSA) is 72.7 Å². The summed E-state index contributed by atoms with van der Waals surface area (Å²) in [6, 6.07) is 0.915. The first-order valence-corrected chi connectivity index (χ1v) is 11.9. The fraction of sp³-hybridized carbons (Fsp3) is 1.00. The summed E-state index contributed by atoms with van der Waals surface area (Å²) in [5.74, 6) is 0. The molecular formula is C18H41NO3Si. The molecule has 0 amide bonds. The predicted octanol–water partition coefficient (Wildman–Crippen LogP) is 3.97. The van der Waals surface area contributed by atoms with E-state index in [-0.39, 0.29) is 6.04 Å². The third-order valence-corrected chi connectivity index (χ3v) is 5.49. The number of hydrogen-bond acceptors (Lipinski definition) is 4. The lowest BCUT2D eigenvalue weighted by Crippen LogP contribution is -2.33. The van der Waals surface area contributed by atoms with Crippen LogP contribution in [0.25, 0.3) is 0 Å². The van der Waals surface area contributed by atoms with E-state index in [2.05, 4.69) is 19.2 Å². The van der Waals surface area contributed by atoms with Gasteiger partial charge in [0.1, 0.15) is 0 Å². The average molecular weight is 348 g/mol. The van der Waals surface area contributed by atoms with Crippen molar-refractivity contribution in [2.24, 2.45) is 0 Å². The summed E-state index contributed by atoms with van der Waals surface area (Å²) in [6.45, 7) is 5.54. The Bertz CT molecular complexity index is 247. The smallest absolute Gasteiger partial charge is 0.390 e. The molecule has 0 aromatic heterocycles. The van der Waals surface area contributed by atoms with E-state index in [1.165, 1.54) is 64.2 Å². The molecule has 4 nitrogen and oxygen atoms in total. The lowest BCUT2D eigenvalue weighted by atomic mass is 10.0. The van der Waals surface area contributed by atoms with Crippen LogP contribution in [-0.2, 0) is 0 Å². The molecule has 0 bridgehead atoms. The van der Waals surface area contributed by atoms with Crippen LogP contribution in [0.5, 0.6) is 0 Å². The standard InChI is InChI=1S/C18H41NO3Si/c1-3-5-15-18(19-4-2)16-13-11-9-7-6-8-10-12-14-17-23(20,21)22/h18-22H,3-17H2,1-2H3. The minimum atomic E-state index is -3.78. The van der Waals surface area contributed by atoms with Gasteiger partial charge in [-0.3, -0.25) is 0 Å². The van der Waals surface area contributed by atoms with Gasteiger partial charge in [-0.2, -0.15) is 0 Å². The van der Waals surface area contributed by atoms with E-state index in [1.807, 2.05) is 0 Å². The van der Waals surface area contributed by atoms with Crippen LogP contribution in [0.4, 0.5) is 0 Å². The van der Waals surface area contributed by atoms with Crippen LogP contribution in [0.1, 0.15) is 97.3 Å². The van der Waals surface area contributed by atoms with Gasteiger partial charge in [0.15, 0.2) is 0 Å². The Morgan fingerprint density at radius 1 is 0.696 bits per heavy atom. The molecule has 0 saturated heterocycles. The number of hydrogen-bond donors (Lipinski definition) is 4. The lowest BCUT2D eigenvalue weighted by Gasteiger charge is -2.17. The first-order valence-electron chi connectivity index (χ1n) is 9.90. The number of unbranched alkanes of at least 4 members (excludes halogenated alkanes) is 9. The normalized spacial score (nSPS) is 13.4. The molecule has 4 N–H and O–H groups in total. The molecule has 0 radical (unpaired) electrons. The third-order valence-electron chi connectivity index (χ3n) is 4.46. The molecular weight excluding hydrogens is 306 g/mol. The second kappa shape index (κ2) is 15.6. The first-order chi connectivity index (χ1) is 11.0. The molecule has 23 heavy (non-hydrogen) atoms. The van der Waals surface area contributed by atoms with E-state index in [9.17, 15) is 0 Å². The summed E-state index contributed by atoms with van der Waals surface area (Å²) in [5, 5.41) is 3.61. The molecule has 0 aromatic carbocycles. The van der Waals surface area contributed by atoms with E-state index in [4.69, 9.17) is 14.4 Å². The summed E-state index contributed by atoms with van der Waals surface area (Å²) in [7, 11) is -3.78. The summed E-state index contributed by atoms with van der Waals surface area (Å²) in [6.07, 6.45) is 16.0. The molecule has 0 aliphatic heterocycles. The van der Waals surface area contributed by atoms with Crippen molar-refractivity contribution in [2.45, 2.75) is 109 Å². The SMILES string of the molecule is CCCCC(CCCCCCCCCCC[Si](O)(O)O)NCC. The van der Waals surface area contributed by atoms with Crippen LogP contribution < -0.4 is 5.32 Å². The molecule has 0 spiro atoms. The molecule has 5 heteroatoms. The molecule has 0 aliphatic rings. The summed E-state index contributed by atoms with van der Waals surface area (Å²) in [5.41, 5.74) is 0. The highest BCUT2D eigenvalue weighted by molar-refractivity contribution is 6.56. The second-order valence-electron chi connectivity index (χ2n) is 6.89. The highest BCUT2D eigenvalue weighted by Crippen LogP contribution is 2.14. The fourth-order valence-electron chi connectivity index (χ4n) is 3.08. The van der Waals surface area contributed by atoms with Crippen LogP contribution in [0.3, 0.4) is 0 Å². The van der Waals surface area contributed by atoms with Gasteiger partial charge in [-0.15, -0.1) is 0 Å². The van der Waals surface area contributed by atoms with Crippen molar-refractivity contribution in [1.29, 1.82) is 0 Å². The first kappa shape index (κ1) is 23.1. The number of rotatable bonds is 17. The fourth-order valence-corrected chi connectivity index (χ4v) is 3.80. The molecule has 1 atom stereocenters. The van der Waals surface area contributed by atoms with E-state index >= 15 is 0 Å². The van der Waals surface area contributed by atoms with Gasteiger partial charge in [0.05, 0.1) is 0 Å². The second-order valence-corrected chi connectivity index (χ2v) is 8.94. The van der Waals surface area contributed by atoms with Crippen LogP contribution in [0.15, 0.2) is 0 Å². The summed E-state index contributed by atoms with van der Waals surface area (Å²) < 4.78 is 0. The average Bonchev–Trinajstić information content (AvgIpc) is 2.49. The molecule has 0 heterocycles. The van der Waals surface area contributed by atoms with Crippen molar-refractivity contribution in [2.75, 3.05) is 6.54 Å². The van der Waals surface area contributed by atoms with Crippen molar-refractivity contribution in [3.63, 3.8) is 0 Å². The maximum atomic E-state index is 8.91. The zero-order valence-electron chi connectivity index (χ0n) is 15.5. The Kier molecular flexibility index (Phi) is 15.6. The van der Waals surface area contributed by atoms with E-state index in [1.54, 1.807) is 0 Å². The van der Waals surface area contributed by atoms with Gasteiger partial charge in [0.25, 0.3) is 0 Å². The maximum absolute atomic E-state index is 8.91. The molecule has 0 fully saturated rings. The van der Waals surface area contributed by atoms with Crippen LogP contribution in [-0.4, -0.2) is 35.8 Å². The van der Waals surface area contributed by atoms with Crippen LogP contribution >= 0.6 is 0 Å². The Morgan fingerprint density at radius 2 is 1.17 bits per heavy atom. The van der Waals surface area contributed by atoms with E-state index in [0.29, 0.717) is 0 Å². The van der Waals surface area contributed by atoms with Crippen molar-refractivity contribution in [3.8, 4) is 0 Å². The Labute approximate surface area is 145 Å². The zero-order valence-corrected chi connectivity index (χ0v) is 16.5. The van der Waals surface area contributed by atoms with Gasteiger partial charge in [-0.05, 0) is 25.8 Å². The zero-order chi connectivity index (χ0) is 17.4. The van der Waals surface area contributed by atoms with E-state index in [0.717, 1.165) is 31.8 Å². The molecule has 0 aromatic rings. The largest absolute Gasteiger partial charge is 0.492 e. The van der Waals surface area contributed by atoms with Gasteiger partial charge in [0, 0.05) is 12.1 Å². The van der Waals surface area contributed by atoms with Gasteiger partial charge in [-0.25, -0.2) is 0 Å². The highest BCUT2D eigenvalue weighted by atomic mass is 28.4. The van der Waals surface area contributed by atoms with Gasteiger partial charge in [-0.1, -0.05) is 78.1 Å². The van der Waals surface area contributed by atoms with Crippen molar-refractivity contribution >= 4 is 8.80 Å². The Morgan fingerprint density at radius 3 is 1.65 bits per heavy atom. The van der Waals surface area contributed by atoms with Gasteiger partial charge >= 0.3 is 8.80 Å². The Balaban J connectivity index is 3.31. The van der Waals surface area contributed by atoms with Crippen molar-refractivity contribution < 1.29 is 14.4 Å². The quantitative estimate of drug-likeness (QED) is 0.237. The molecule has 140 valence electrons. The molecule has 0 aliphatic carbocycles. The predicted molar refractivity (Wildman–Crippen MR) is 100 cm³/mol. The Hall–Kier alpha value is 0.0569. The van der Waals surface area contributed by atoms with E-state index < -0.39 is 8.80 Å². The van der Waals surface area contributed by atoms with Gasteiger partial charge < -0.3 is 19.7 Å². The maximum Gasteiger partial charge on any atom is 0.492 e.